The summed E-state index contributed by atoms with van der Waals surface area (Å²) in [5.74, 6) is 0. The van der Waals surface area contributed by atoms with Crippen molar-refractivity contribution in [3.63, 3.8) is 0 Å². The molecule has 0 fully saturated rings. The molecule has 0 aliphatic rings. The lowest BCUT2D eigenvalue weighted by molar-refractivity contribution is -0.660. The number of pyridine rings is 2. The SMILES string of the molecule is [2H]C([2H])([2H])c1c[n+](C)c(-c2c(C)ccc3c2oc2c3ccc3c4cccnc4oc32)cc1C. The second-order valence-corrected chi connectivity index (χ2v) is 7.88. The number of hydrogen-bond acceptors (Lipinski definition) is 3. The Morgan fingerprint density at radius 1 is 0.833 bits per heavy atom. The number of benzene rings is 2. The topological polar surface area (TPSA) is 43.0 Å². The van der Waals surface area contributed by atoms with Crippen LogP contribution in [0.4, 0.5) is 0 Å². The van der Waals surface area contributed by atoms with E-state index < -0.39 is 6.85 Å². The van der Waals surface area contributed by atoms with E-state index in [2.05, 4.69) is 29.2 Å². The maximum atomic E-state index is 7.84. The molecule has 0 unspecified atom stereocenters. The zero-order valence-electron chi connectivity index (χ0n) is 19.9. The summed E-state index contributed by atoms with van der Waals surface area (Å²) in [5, 5.41) is 3.87. The van der Waals surface area contributed by atoms with Crippen LogP contribution in [0.2, 0.25) is 0 Å². The maximum Gasteiger partial charge on any atom is 0.227 e. The van der Waals surface area contributed by atoms with Crippen molar-refractivity contribution < 1.29 is 17.5 Å². The molecule has 0 atom stereocenters. The number of aromatic nitrogens is 2. The summed E-state index contributed by atoms with van der Waals surface area (Å²) in [6.45, 7) is 1.71. The molecule has 6 aromatic rings. The van der Waals surface area contributed by atoms with Gasteiger partial charge in [0, 0.05) is 43.5 Å². The van der Waals surface area contributed by atoms with Crippen molar-refractivity contribution in [3.05, 3.63) is 71.5 Å². The second-order valence-electron chi connectivity index (χ2n) is 7.88. The van der Waals surface area contributed by atoms with Crippen molar-refractivity contribution in [2.45, 2.75) is 20.7 Å². The molecule has 0 radical (unpaired) electrons. The summed E-state index contributed by atoms with van der Waals surface area (Å²) in [5.41, 5.74) is 6.65. The van der Waals surface area contributed by atoms with Crippen molar-refractivity contribution in [1.29, 1.82) is 0 Å². The summed E-state index contributed by atoms with van der Waals surface area (Å²) >= 11 is 0. The second kappa shape index (κ2) is 5.92. The molecule has 0 amide bonds. The minimum Gasteiger partial charge on any atom is -0.451 e. The predicted molar refractivity (Wildman–Crippen MR) is 120 cm³/mol. The zero-order chi connectivity index (χ0) is 23.1. The minimum atomic E-state index is -2.16. The van der Waals surface area contributed by atoms with Gasteiger partial charge in [0.2, 0.25) is 11.4 Å². The van der Waals surface area contributed by atoms with Gasteiger partial charge >= 0.3 is 0 Å². The summed E-state index contributed by atoms with van der Waals surface area (Å²) < 4.78 is 38.0. The summed E-state index contributed by atoms with van der Waals surface area (Å²) in [6, 6.07) is 14.1. The third-order valence-corrected chi connectivity index (χ3v) is 5.97. The Balaban J connectivity index is 1.70. The first kappa shape index (κ1) is 14.3. The molecular formula is C26H21N2O2+. The van der Waals surface area contributed by atoms with Gasteiger partial charge in [0.05, 0.1) is 5.56 Å². The van der Waals surface area contributed by atoms with Gasteiger partial charge in [0.15, 0.2) is 17.4 Å². The smallest absolute Gasteiger partial charge is 0.227 e. The van der Waals surface area contributed by atoms with Crippen molar-refractivity contribution in [2.24, 2.45) is 7.05 Å². The van der Waals surface area contributed by atoms with Crippen molar-refractivity contribution in [2.75, 3.05) is 0 Å². The molecule has 0 N–H and O–H groups in total. The largest absolute Gasteiger partial charge is 0.451 e. The molecule has 0 saturated heterocycles. The Morgan fingerprint density at radius 3 is 2.40 bits per heavy atom. The average Bonchev–Trinajstić information content (AvgIpc) is 3.33. The summed E-state index contributed by atoms with van der Waals surface area (Å²) in [4.78, 5) is 4.35. The van der Waals surface area contributed by atoms with E-state index in [0.29, 0.717) is 22.4 Å². The Morgan fingerprint density at radius 2 is 1.57 bits per heavy atom. The van der Waals surface area contributed by atoms with Crippen LogP contribution < -0.4 is 4.57 Å². The highest BCUT2D eigenvalue weighted by Gasteiger charge is 2.23. The first-order valence-corrected chi connectivity index (χ1v) is 9.87. The maximum absolute atomic E-state index is 7.84. The number of rotatable bonds is 1. The van der Waals surface area contributed by atoms with Gasteiger partial charge in [-0.15, -0.1) is 0 Å². The highest BCUT2D eigenvalue weighted by Crippen LogP contribution is 2.41. The van der Waals surface area contributed by atoms with Crippen LogP contribution in [0.5, 0.6) is 0 Å². The number of aryl methyl sites for hydroxylation is 4. The Bertz CT molecular complexity index is 1740. The van der Waals surface area contributed by atoms with Crippen molar-refractivity contribution in [1.82, 2.24) is 4.98 Å². The van der Waals surface area contributed by atoms with Gasteiger partial charge in [0.1, 0.15) is 12.6 Å². The molecule has 0 aliphatic carbocycles. The highest BCUT2D eigenvalue weighted by molar-refractivity contribution is 6.19. The molecular weight excluding hydrogens is 372 g/mol. The molecule has 4 aromatic heterocycles. The van der Waals surface area contributed by atoms with Gasteiger partial charge in [0.25, 0.3) is 0 Å². The molecule has 4 heteroatoms. The zero-order valence-corrected chi connectivity index (χ0v) is 16.9. The fourth-order valence-corrected chi connectivity index (χ4v) is 4.38. The first-order chi connectivity index (χ1) is 15.7. The van der Waals surface area contributed by atoms with Crippen LogP contribution in [0.1, 0.15) is 20.8 Å². The molecule has 2 aromatic carbocycles. The summed E-state index contributed by atoms with van der Waals surface area (Å²) in [7, 11) is 1.87. The number of fused-ring (bicyclic) bond motifs is 7. The van der Waals surface area contributed by atoms with Crippen LogP contribution >= 0.6 is 0 Å². The normalized spacial score (nSPS) is 13.9. The quantitative estimate of drug-likeness (QED) is 0.306. The number of hydrogen-bond donors (Lipinski definition) is 0. The molecule has 146 valence electrons. The van der Waals surface area contributed by atoms with Crippen molar-refractivity contribution >= 4 is 44.0 Å². The lowest BCUT2D eigenvalue weighted by Gasteiger charge is -2.07. The number of nitrogens with zero attached hydrogens (tertiary/aromatic N) is 2. The third kappa shape index (κ3) is 2.22. The van der Waals surface area contributed by atoms with Crippen molar-refractivity contribution in [3.8, 4) is 11.3 Å². The fraction of sp³-hybridized carbons (Fsp3) is 0.154. The first-order valence-electron chi connectivity index (χ1n) is 11.4. The lowest BCUT2D eigenvalue weighted by Crippen LogP contribution is -2.31. The molecule has 30 heavy (non-hydrogen) atoms. The molecule has 6 rings (SSSR count). The third-order valence-electron chi connectivity index (χ3n) is 5.97. The van der Waals surface area contributed by atoms with Crippen LogP contribution in [-0.4, -0.2) is 4.98 Å². The monoisotopic (exact) mass is 396 g/mol. The van der Waals surface area contributed by atoms with Gasteiger partial charge in [-0.3, -0.25) is 0 Å². The molecule has 4 nitrogen and oxygen atoms in total. The van der Waals surface area contributed by atoms with E-state index in [1.165, 1.54) is 0 Å². The van der Waals surface area contributed by atoms with E-state index in [0.717, 1.165) is 49.5 Å². The van der Waals surface area contributed by atoms with E-state index in [9.17, 15) is 0 Å². The van der Waals surface area contributed by atoms with E-state index in [4.69, 9.17) is 12.9 Å². The Labute approximate surface area is 177 Å². The average molecular weight is 396 g/mol. The Kier molecular flexibility index (Phi) is 2.83. The minimum absolute atomic E-state index is 0.347. The molecule has 4 heterocycles. The van der Waals surface area contributed by atoms with Gasteiger partial charge in [-0.05, 0) is 56.1 Å². The van der Waals surface area contributed by atoms with Gasteiger partial charge in [-0.1, -0.05) is 12.1 Å². The van der Waals surface area contributed by atoms with E-state index >= 15 is 0 Å². The molecule has 0 bridgehead atoms. The van der Waals surface area contributed by atoms with E-state index in [1.54, 1.807) is 12.4 Å². The number of furan rings is 2. The lowest BCUT2D eigenvalue weighted by atomic mass is 9.99. The van der Waals surface area contributed by atoms with Crippen LogP contribution in [0.25, 0.3) is 55.3 Å². The standard InChI is InChI=1S/C26H21N2O2/c1-14-7-8-17-18-9-10-19-20-6-5-11-27-26(20)30-25(19)24(18)29-23(17)22(14)21-12-15(2)16(3)13-28(21)4/h5-13H,1-4H3/q+1/i3D3. The Hall–Kier alpha value is -3.66. The predicted octanol–water partition coefficient (Wildman–Crippen LogP) is 6.30. The van der Waals surface area contributed by atoms with Crippen LogP contribution in [-0.2, 0) is 7.05 Å². The molecule has 0 spiro atoms. The van der Waals surface area contributed by atoms with Gasteiger partial charge in [-0.2, -0.15) is 0 Å². The fourth-order valence-electron chi connectivity index (χ4n) is 4.38. The van der Waals surface area contributed by atoms with Crippen LogP contribution in [0, 0.1) is 20.7 Å². The molecule has 0 aliphatic heterocycles. The van der Waals surface area contributed by atoms with Crippen LogP contribution in [0.15, 0.2) is 63.7 Å². The highest BCUT2D eigenvalue weighted by atomic mass is 16.4. The van der Waals surface area contributed by atoms with E-state index in [1.807, 2.05) is 43.7 Å². The van der Waals surface area contributed by atoms with E-state index in [-0.39, 0.29) is 0 Å². The van der Waals surface area contributed by atoms with Crippen LogP contribution in [0.3, 0.4) is 0 Å². The molecule has 0 saturated carbocycles. The van der Waals surface area contributed by atoms with Gasteiger partial charge < -0.3 is 8.83 Å². The van der Waals surface area contributed by atoms with Gasteiger partial charge in [-0.25, -0.2) is 9.55 Å². The summed E-state index contributed by atoms with van der Waals surface area (Å²) in [6.07, 6.45) is 3.41.